The van der Waals surface area contributed by atoms with Gasteiger partial charge in [0.1, 0.15) is 12.5 Å². The lowest BCUT2D eigenvalue weighted by Gasteiger charge is -2.25. The third-order valence-corrected chi connectivity index (χ3v) is 1.06. The monoisotopic (exact) mass is 148 g/mol. The molecule has 0 aromatic heterocycles. The molecule has 2 amide bonds. The maximum Gasteiger partial charge on any atom is 0.318 e. The summed E-state index contributed by atoms with van der Waals surface area (Å²) in [5.41, 5.74) is 4.81. The molecule has 0 spiro atoms. The van der Waals surface area contributed by atoms with Crippen LogP contribution in [0.25, 0.3) is 0 Å². The van der Waals surface area contributed by atoms with Crippen molar-refractivity contribution in [3.05, 3.63) is 0 Å². The molecule has 10 heavy (non-hydrogen) atoms. The molecule has 5 nitrogen and oxygen atoms in total. The van der Waals surface area contributed by atoms with Gasteiger partial charge in [-0.05, 0) is 13.8 Å². The van der Waals surface area contributed by atoms with E-state index in [1.165, 1.54) is 13.8 Å². The number of hydrogen-bond acceptors (Lipinski definition) is 3. The van der Waals surface area contributed by atoms with Gasteiger partial charge in [-0.2, -0.15) is 0 Å². The second kappa shape index (κ2) is 3.38. The zero-order valence-corrected chi connectivity index (χ0v) is 5.98. The average Bonchev–Trinajstić information content (AvgIpc) is 1.59. The number of carbonyl (C=O) groups is 1. The van der Waals surface area contributed by atoms with E-state index in [0.717, 1.165) is 4.90 Å². The molecule has 60 valence electrons. The summed E-state index contributed by atoms with van der Waals surface area (Å²) in [5, 5.41) is 17.6. The molecule has 0 fully saturated rings. The van der Waals surface area contributed by atoms with Gasteiger partial charge in [0.25, 0.3) is 0 Å². The van der Waals surface area contributed by atoms with Crippen molar-refractivity contribution >= 4 is 6.03 Å². The Kier molecular flexibility index (Phi) is 3.11. The van der Waals surface area contributed by atoms with Crippen LogP contribution in [0.1, 0.15) is 13.8 Å². The summed E-state index contributed by atoms with van der Waals surface area (Å²) in [7, 11) is 0. The van der Waals surface area contributed by atoms with Crippen LogP contribution in [0.4, 0.5) is 4.79 Å². The van der Waals surface area contributed by atoms with Crippen molar-refractivity contribution in [2.75, 3.05) is 0 Å². The van der Waals surface area contributed by atoms with Crippen molar-refractivity contribution in [2.24, 2.45) is 5.73 Å². The highest BCUT2D eigenvalue weighted by Gasteiger charge is 2.19. The molecule has 2 unspecified atom stereocenters. The molecule has 4 N–H and O–H groups in total. The van der Waals surface area contributed by atoms with Gasteiger partial charge >= 0.3 is 6.03 Å². The number of nitrogens with zero attached hydrogens (tertiary/aromatic N) is 1. The van der Waals surface area contributed by atoms with Crippen LogP contribution in [0, 0.1) is 0 Å². The molecule has 2 atom stereocenters. The number of nitrogens with two attached hydrogens (primary N) is 1. The predicted molar refractivity (Wildman–Crippen MR) is 34.8 cm³/mol. The van der Waals surface area contributed by atoms with E-state index in [1.54, 1.807) is 0 Å². The second-order valence-electron chi connectivity index (χ2n) is 2.01. The lowest BCUT2D eigenvalue weighted by molar-refractivity contribution is -0.0492. The molecule has 0 saturated carbocycles. The first-order chi connectivity index (χ1) is 4.46. The molecular formula is C5H12N2O3. The Hall–Kier alpha value is -0.810. The van der Waals surface area contributed by atoms with Crippen LogP contribution in [0.2, 0.25) is 0 Å². The molecule has 0 heterocycles. The number of aliphatic hydroxyl groups is 2. The first kappa shape index (κ1) is 9.19. The summed E-state index contributed by atoms with van der Waals surface area (Å²) in [6.07, 6.45) is -2.12. The van der Waals surface area contributed by atoms with E-state index in [9.17, 15) is 4.79 Å². The fourth-order valence-electron chi connectivity index (χ4n) is 0.681. The molecule has 0 aliphatic heterocycles. The van der Waals surface area contributed by atoms with Crippen LogP contribution in [0.3, 0.4) is 0 Å². The Bertz CT molecular complexity index is 116. The smallest absolute Gasteiger partial charge is 0.318 e. The van der Waals surface area contributed by atoms with Gasteiger partial charge in [0.15, 0.2) is 0 Å². The van der Waals surface area contributed by atoms with E-state index < -0.39 is 18.5 Å². The van der Waals surface area contributed by atoms with Crippen molar-refractivity contribution in [2.45, 2.75) is 26.3 Å². The summed E-state index contributed by atoms with van der Waals surface area (Å²) in [6.45, 7) is 2.69. The fourth-order valence-corrected chi connectivity index (χ4v) is 0.681. The zero-order valence-electron chi connectivity index (χ0n) is 5.98. The number of rotatable bonds is 2. The number of aliphatic hydroxyl groups excluding tert-OH is 2. The summed E-state index contributed by atoms with van der Waals surface area (Å²) in [5.74, 6) is 0. The number of primary amides is 1. The van der Waals surface area contributed by atoms with Gasteiger partial charge in [-0.1, -0.05) is 0 Å². The Morgan fingerprint density at radius 1 is 1.40 bits per heavy atom. The van der Waals surface area contributed by atoms with Crippen LogP contribution < -0.4 is 5.73 Å². The Labute approximate surface area is 59.0 Å². The van der Waals surface area contributed by atoms with Gasteiger partial charge in [-0.25, -0.2) is 4.79 Å². The van der Waals surface area contributed by atoms with Gasteiger partial charge in [0, 0.05) is 0 Å². The van der Waals surface area contributed by atoms with Crippen LogP contribution in [-0.4, -0.2) is 33.6 Å². The summed E-state index contributed by atoms with van der Waals surface area (Å²) >= 11 is 0. The van der Waals surface area contributed by atoms with Gasteiger partial charge in [-0.3, -0.25) is 4.90 Å². The van der Waals surface area contributed by atoms with Gasteiger partial charge in [0.2, 0.25) is 0 Å². The summed E-state index contributed by atoms with van der Waals surface area (Å²) < 4.78 is 0. The maximum absolute atomic E-state index is 10.4. The lowest BCUT2D eigenvalue weighted by Crippen LogP contribution is -2.47. The molecule has 0 rings (SSSR count). The van der Waals surface area contributed by atoms with Crippen molar-refractivity contribution in [3.63, 3.8) is 0 Å². The minimum atomic E-state index is -1.06. The third kappa shape index (κ3) is 2.20. The largest absolute Gasteiger partial charge is 0.374 e. The highest BCUT2D eigenvalue weighted by molar-refractivity contribution is 5.72. The van der Waals surface area contributed by atoms with Crippen molar-refractivity contribution in [1.29, 1.82) is 0 Å². The Balaban J connectivity index is 4.12. The van der Waals surface area contributed by atoms with E-state index in [1.807, 2.05) is 0 Å². The van der Waals surface area contributed by atoms with E-state index in [2.05, 4.69) is 0 Å². The zero-order chi connectivity index (χ0) is 8.31. The standard InChI is InChI=1S/C5H12N2O3/c1-3(8)7(4(2)9)5(6)10/h3-4,8-9H,1-2H3,(H2,6,10). The highest BCUT2D eigenvalue weighted by atomic mass is 16.3. The number of urea groups is 1. The quantitative estimate of drug-likeness (QED) is 0.441. The van der Waals surface area contributed by atoms with E-state index >= 15 is 0 Å². The molecule has 0 aliphatic rings. The van der Waals surface area contributed by atoms with Crippen molar-refractivity contribution in [3.8, 4) is 0 Å². The molecule has 0 aromatic carbocycles. The van der Waals surface area contributed by atoms with E-state index in [-0.39, 0.29) is 0 Å². The SMILES string of the molecule is CC(O)N(C(N)=O)C(C)O. The van der Waals surface area contributed by atoms with Crippen molar-refractivity contribution in [1.82, 2.24) is 4.90 Å². The number of hydrogen-bond donors (Lipinski definition) is 3. The molecule has 5 heteroatoms. The maximum atomic E-state index is 10.4. The normalized spacial score (nSPS) is 16.0. The van der Waals surface area contributed by atoms with Crippen LogP contribution in [0.15, 0.2) is 0 Å². The molecular weight excluding hydrogens is 136 g/mol. The minimum absolute atomic E-state index is 0.750. The molecule has 0 aromatic rings. The summed E-state index contributed by atoms with van der Waals surface area (Å²) in [6, 6.07) is -0.843. The van der Waals surface area contributed by atoms with Crippen LogP contribution >= 0.6 is 0 Å². The van der Waals surface area contributed by atoms with Crippen LogP contribution in [0.5, 0.6) is 0 Å². The number of amides is 2. The van der Waals surface area contributed by atoms with Crippen LogP contribution in [-0.2, 0) is 0 Å². The number of carbonyl (C=O) groups excluding carboxylic acids is 1. The Morgan fingerprint density at radius 3 is 1.70 bits per heavy atom. The minimum Gasteiger partial charge on any atom is -0.374 e. The van der Waals surface area contributed by atoms with Gasteiger partial charge < -0.3 is 15.9 Å². The van der Waals surface area contributed by atoms with E-state index in [4.69, 9.17) is 15.9 Å². The van der Waals surface area contributed by atoms with Gasteiger partial charge in [-0.15, -0.1) is 0 Å². The van der Waals surface area contributed by atoms with Crippen molar-refractivity contribution < 1.29 is 15.0 Å². The van der Waals surface area contributed by atoms with Gasteiger partial charge in [0.05, 0.1) is 0 Å². The third-order valence-electron chi connectivity index (χ3n) is 1.06. The topological polar surface area (TPSA) is 86.8 Å². The lowest BCUT2D eigenvalue weighted by atomic mass is 10.5. The van der Waals surface area contributed by atoms with E-state index in [0.29, 0.717) is 0 Å². The average molecular weight is 148 g/mol. The molecule has 0 radical (unpaired) electrons. The predicted octanol–water partition coefficient (Wildman–Crippen LogP) is -0.956. The Morgan fingerprint density at radius 2 is 1.70 bits per heavy atom. The first-order valence-corrected chi connectivity index (χ1v) is 2.90. The molecule has 0 bridgehead atoms. The first-order valence-electron chi connectivity index (χ1n) is 2.90. The highest BCUT2D eigenvalue weighted by Crippen LogP contribution is 1.98. The summed E-state index contributed by atoms with van der Waals surface area (Å²) in [4.78, 5) is 11.2. The molecule has 0 saturated heterocycles. The second-order valence-corrected chi connectivity index (χ2v) is 2.01. The fraction of sp³-hybridized carbons (Fsp3) is 0.800. The molecule has 0 aliphatic carbocycles.